The molecule has 21 heavy (non-hydrogen) atoms. The number of carbonyl (C=O) groups is 1. The second kappa shape index (κ2) is 6.63. The van der Waals surface area contributed by atoms with Gasteiger partial charge in [-0.1, -0.05) is 18.2 Å². The summed E-state index contributed by atoms with van der Waals surface area (Å²) in [6, 6.07) is 9.97. The van der Waals surface area contributed by atoms with Crippen LogP contribution in [0.5, 0.6) is 5.75 Å². The Hall–Kier alpha value is -2.01. The van der Waals surface area contributed by atoms with Crippen LogP contribution < -0.4 is 15.4 Å². The lowest BCUT2D eigenvalue weighted by atomic mass is 10.0. The second-order valence-electron chi connectivity index (χ2n) is 4.97. The van der Waals surface area contributed by atoms with Gasteiger partial charge in [0.1, 0.15) is 5.75 Å². The van der Waals surface area contributed by atoms with Crippen molar-refractivity contribution in [3.05, 3.63) is 46.2 Å². The first-order valence-corrected chi connectivity index (χ1v) is 7.98. The molecule has 0 saturated heterocycles. The van der Waals surface area contributed by atoms with Gasteiger partial charge in [-0.05, 0) is 35.9 Å². The minimum absolute atomic E-state index is 0.0451. The van der Waals surface area contributed by atoms with Crippen LogP contribution in [0, 0.1) is 0 Å². The number of anilines is 1. The first-order valence-electron chi connectivity index (χ1n) is 7.10. The van der Waals surface area contributed by atoms with Crippen LogP contribution in [-0.2, 0) is 17.8 Å². The summed E-state index contributed by atoms with van der Waals surface area (Å²) in [7, 11) is 0. The molecule has 3 rings (SSSR count). The lowest BCUT2D eigenvalue weighted by Gasteiger charge is -2.21. The van der Waals surface area contributed by atoms with Crippen molar-refractivity contribution in [2.75, 3.05) is 18.5 Å². The summed E-state index contributed by atoms with van der Waals surface area (Å²) in [6.07, 6.45) is 2.20. The van der Waals surface area contributed by atoms with Crippen molar-refractivity contribution >= 4 is 22.9 Å². The molecule has 0 unspecified atom stereocenters. The molecular weight excluding hydrogens is 284 g/mol. The van der Waals surface area contributed by atoms with E-state index in [1.165, 1.54) is 5.56 Å². The Morgan fingerprint density at radius 3 is 3.14 bits per heavy atom. The second-order valence-corrected chi connectivity index (χ2v) is 6.00. The van der Waals surface area contributed by atoms with E-state index in [1.807, 2.05) is 29.6 Å². The van der Waals surface area contributed by atoms with Gasteiger partial charge in [0.15, 0.2) is 6.61 Å². The zero-order valence-electron chi connectivity index (χ0n) is 11.7. The Labute approximate surface area is 128 Å². The van der Waals surface area contributed by atoms with Gasteiger partial charge < -0.3 is 15.4 Å². The maximum atomic E-state index is 11.8. The molecule has 1 aromatic heterocycles. The Balaban J connectivity index is 1.54. The highest BCUT2D eigenvalue weighted by molar-refractivity contribution is 7.09. The van der Waals surface area contributed by atoms with Crippen molar-refractivity contribution < 1.29 is 9.53 Å². The van der Waals surface area contributed by atoms with E-state index in [4.69, 9.17) is 4.74 Å². The van der Waals surface area contributed by atoms with Gasteiger partial charge in [0.25, 0.3) is 5.91 Å². The van der Waals surface area contributed by atoms with E-state index in [1.54, 1.807) is 11.3 Å². The van der Waals surface area contributed by atoms with Crippen molar-refractivity contribution in [1.29, 1.82) is 0 Å². The van der Waals surface area contributed by atoms with Crippen LogP contribution >= 0.6 is 11.3 Å². The number of hydrogen-bond donors (Lipinski definition) is 2. The van der Waals surface area contributed by atoms with Gasteiger partial charge in [-0.25, -0.2) is 0 Å². The van der Waals surface area contributed by atoms with Crippen molar-refractivity contribution in [2.45, 2.75) is 19.4 Å². The first-order chi connectivity index (χ1) is 10.3. The van der Waals surface area contributed by atoms with Crippen LogP contribution in [0.1, 0.15) is 16.9 Å². The number of aryl methyl sites for hydroxylation is 1. The number of para-hydroxylation sites is 1. The molecule has 1 aliphatic heterocycles. The highest BCUT2D eigenvalue weighted by Gasteiger charge is 2.14. The number of carbonyl (C=O) groups excluding carboxylic acids is 1. The quantitative estimate of drug-likeness (QED) is 0.893. The highest BCUT2D eigenvalue weighted by atomic mass is 32.1. The average molecular weight is 302 g/mol. The molecule has 0 saturated carbocycles. The number of benzene rings is 1. The zero-order valence-corrected chi connectivity index (χ0v) is 12.5. The van der Waals surface area contributed by atoms with Crippen LogP contribution in [0.25, 0.3) is 0 Å². The lowest BCUT2D eigenvalue weighted by molar-refractivity contribution is -0.123. The molecule has 1 aliphatic rings. The predicted molar refractivity (Wildman–Crippen MR) is 84.9 cm³/mol. The molecule has 110 valence electrons. The van der Waals surface area contributed by atoms with E-state index in [-0.39, 0.29) is 12.5 Å². The topological polar surface area (TPSA) is 50.4 Å². The fraction of sp³-hybridized carbons (Fsp3) is 0.312. The van der Waals surface area contributed by atoms with E-state index in [0.29, 0.717) is 6.54 Å². The van der Waals surface area contributed by atoms with Crippen molar-refractivity contribution in [1.82, 2.24) is 5.32 Å². The smallest absolute Gasteiger partial charge is 0.258 e. The molecule has 1 amide bonds. The third-order valence-corrected chi connectivity index (χ3v) is 4.31. The summed E-state index contributed by atoms with van der Waals surface area (Å²) in [5.41, 5.74) is 2.30. The molecule has 4 nitrogen and oxygen atoms in total. The largest absolute Gasteiger partial charge is 0.482 e. The van der Waals surface area contributed by atoms with Gasteiger partial charge in [0.2, 0.25) is 0 Å². The summed E-state index contributed by atoms with van der Waals surface area (Å²) in [4.78, 5) is 13.0. The molecule has 0 bridgehead atoms. The van der Waals surface area contributed by atoms with E-state index < -0.39 is 0 Å². The third kappa shape index (κ3) is 3.55. The van der Waals surface area contributed by atoms with Crippen LogP contribution in [0.4, 0.5) is 5.69 Å². The first kappa shape index (κ1) is 13.9. The third-order valence-electron chi connectivity index (χ3n) is 3.44. The number of rotatable bonds is 5. The molecule has 2 aromatic rings. The number of ether oxygens (including phenoxy) is 1. The molecule has 0 aliphatic carbocycles. The lowest BCUT2D eigenvalue weighted by Crippen LogP contribution is -2.28. The van der Waals surface area contributed by atoms with Gasteiger partial charge in [0.05, 0.1) is 12.2 Å². The summed E-state index contributed by atoms with van der Waals surface area (Å²) < 4.78 is 5.66. The molecule has 1 aromatic carbocycles. The fourth-order valence-corrected chi connectivity index (χ4v) is 3.04. The van der Waals surface area contributed by atoms with Crippen molar-refractivity contribution in [3.8, 4) is 5.75 Å². The fourth-order valence-electron chi connectivity index (χ4n) is 2.39. The van der Waals surface area contributed by atoms with Gasteiger partial charge in [-0.15, -0.1) is 11.3 Å². The van der Waals surface area contributed by atoms with E-state index in [0.717, 1.165) is 35.7 Å². The number of fused-ring (bicyclic) bond motifs is 1. The highest BCUT2D eigenvalue weighted by Crippen LogP contribution is 2.31. The summed E-state index contributed by atoms with van der Waals surface area (Å²) in [5.74, 6) is 0.662. The Bertz CT molecular complexity index is 611. The van der Waals surface area contributed by atoms with Crippen molar-refractivity contribution in [2.24, 2.45) is 0 Å². The molecular formula is C16H18N2O2S. The normalized spacial score (nSPS) is 13.1. The number of thiophene rings is 1. The molecule has 0 radical (unpaired) electrons. The summed E-state index contributed by atoms with van der Waals surface area (Å²) in [5, 5.41) is 8.22. The number of amides is 1. The van der Waals surface area contributed by atoms with Gasteiger partial charge in [0, 0.05) is 11.4 Å². The maximum Gasteiger partial charge on any atom is 0.258 e. The van der Waals surface area contributed by atoms with Crippen LogP contribution in [-0.4, -0.2) is 19.1 Å². The Morgan fingerprint density at radius 2 is 2.29 bits per heavy atom. The molecule has 5 heteroatoms. The maximum absolute atomic E-state index is 11.8. The summed E-state index contributed by atoms with van der Waals surface area (Å²) >= 11 is 1.63. The predicted octanol–water partition coefficient (Wildman–Crippen LogP) is 2.80. The minimum atomic E-state index is -0.100. The number of nitrogens with one attached hydrogen (secondary N) is 2. The van der Waals surface area contributed by atoms with Crippen LogP contribution in [0.15, 0.2) is 35.7 Å². The Morgan fingerprint density at radius 1 is 1.33 bits per heavy atom. The zero-order chi connectivity index (χ0) is 14.5. The minimum Gasteiger partial charge on any atom is -0.482 e. The van der Waals surface area contributed by atoms with E-state index in [9.17, 15) is 4.79 Å². The molecule has 2 N–H and O–H groups in total. The average Bonchev–Trinajstić information content (AvgIpc) is 3.04. The summed E-state index contributed by atoms with van der Waals surface area (Å²) in [6.45, 7) is 1.56. The van der Waals surface area contributed by atoms with Crippen LogP contribution in [0.2, 0.25) is 0 Å². The van der Waals surface area contributed by atoms with Crippen molar-refractivity contribution in [3.63, 3.8) is 0 Å². The van der Waals surface area contributed by atoms with Crippen LogP contribution in [0.3, 0.4) is 0 Å². The van der Waals surface area contributed by atoms with Gasteiger partial charge >= 0.3 is 0 Å². The molecule has 0 atom stereocenters. The van der Waals surface area contributed by atoms with Gasteiger partial charge in [-0.3, -0.25) is 4.79 Å². The monoisotopic (exact) mass is 302 g/mol. The molecule has 0 spiro atoms. The number of hydrogen-bond acceptors (Lipinski definition) is 4. The molecule has 0 fully saturated rings. The van der Waals surface area contributed by atoms with Gasteiger partial charge in [-0.2, -0.15) is 0 Å². The SMILES string of the molecule is O=C(COc1cccc2c1NCCC2)NCc1cccs1. The Kier molecular flexibility index (Phi) is 4.40. The standard InChI is InChI=1S/C16H18N2O2S/c19-15(18-10-13-6-3-9-21-13)11-20-14-7-1-4-12-5-2-8-17-16(12)14/h1,3-4,6-7,9,17H,2,5,8,10-11H2,(H,18,19). The van der Waals surface area contributed by atoms with E-state index in [2.05, 4.69) is 16.7 Å². The molecule has 2 heterocycles. The van der Waals surface area contributed by atoms with E-state index >= 15 is 0 Å².